The summed E-state index contributed by atoms with van der Waals surface area (Å²) >= 11 is 10.1. The first-order valence-electron chi connectivity index (χ1n) is 23.3. The Morgan fingerprint density at radius 1 is 0.928 bits per heavy atom. The molecule has 1 aliphatic heterocycles. The number of hydrogen-bond donors (Lipinski definition) is 3. The highest BCUT2D eigenvalue weighted by Gasteiger charge is 2.76. The minimum Gasteiger partial charge on any atom is -0.450 e. The van der Waals surface area contributed by atoms with Gasteiger partial charge in [0, 0.05) is 69.5 Å². The highest BCUT2D eigenvalue weighted by Crippen LogP contribution is 2.72. The highest BCUT2D eigenvalue weighted by molar-refractivity contribution is 8.77. The summed E-state index contributed by atoms with van der Waals surface area (Å²) in [6.45, 7) is 11.1. The first-order valence-corrected chi connectivity index (χ1v) is 27.6. The Morgan fingerprint density at radius 2 is 1.55 bits per heavy atom. The summed E-state index contributed by atoms with van der Waals surface area (Å²) in [5.74, 6) is -2.92. The van der Waals surface area contributed by atoms with Gasteiger partial charge in [-0.15, -0.1) is 11.6 Å². The zero-order chi connectivity index (χ0) is 49.9. The molecule has 1 unspecified atom stereocenters. The predicted octanol–water partition coefficient (Wildman–Crippen LogP) is 8.69. The third-order valence-corrected chi connectivity index (χ3v) is 21.0. The number of aliphatic hydroxyl groups is 1. The van der Waals surface area contributed by atoms with Crippen LogP contribution in [0.5, 0.6) is 0 Å². The summed E-state index contributed by atoms with van der Waals surface area (Å²) < 4.78 is 11.3. The molecule has 0 spiro atoms. The van der Waals surface area contributed by atoms with Crippen LogP contribution in [0.3, 0.4) is 0 Å². The molecular formula is C51H60ClN3O10S4. The number of fused-ring (bicyclic) bond motifs is 5. The summed E-state index contributed by atoms with van der Waals surface area (Å²) in [4.78, 5) is 95.6. The number of amides is 4. The number of Topliss-reactive ketones (excluding diaryl/α,β-unsaturated/α-hetero) is 1. The van der Waals surface area contributed by atoms with Gasteiger partial charge >= 0.3 is 12.1 Å². The van der Waals surface area contributed by atoms with Crippen LogP contribution in [0.15, 0.2) is 104 Å². The number of hydrogen-bond acceptors (Lipinski definition) is 14. The second-order valence-electron chi connectivity index (χ2n) is 19.3. The second-order valence-corrected chi connectivity index (χ2v) is 25.2. The first-order chi connectivity index (χ1) is 32.7. The number of allylic oxidation sites excluding steroid dienone is 4. The molecule has 0 saturated heterocycles. The van der Waals surface area contributed by atoms with E-state index in [0.29, 0.717) is 41.4 Å². The van der Waals surface area contributed by atoms with Gasteiger partial charge in [0.15, 0.2) is 18.0 Å². The van der Waals surface area contributed by atoms with Crippen LogP contribution in [0.25, 0.3) is 0 Å². The minimum absolute atomic E-state index is 0.0199. The number of nitrogens with one attached hydrogen (secondary N) is 2. The van der Waals surface area contributed by atoms with Crippen molar-refractivity contribution in [3.05, 3.63) is 94.3 Å². The van der Waals surface area contributed by atoms with E-state index in [1.807, 2.05) is 101 Å². The number of benzene rings is 2. The van der Waals surface area contributed by atoms with Gasteiger partial charge in [-0.3, -0.25) is 33.7 Å². The molecule has 1 heterocycles. The summed E-state index contributed by atoms with van der Waals surface area (Å²) in [7, 11) is 2.99. The molecule has 3 fully saturated rings. The number of ketones is 2. The molecule has 18 heteroatoms. The number of alkyl carbamates (subject to hydrolysis) is 1. The fraction of sp³-hybridized carbons (Fsp3) is 0.510. The monoisotopic (exact) mass is 1040 g/mol. The average Bonchev–Trinajstić information content (AvgIpc) is 3.67. The van der Waals surface area contributed by atoms with E-state index in [-0.39, 0.29) is 55.9 Å². The van der Waals surface area contributed by atoms with E-state index in [4.69, 9.17) is 21.1 Å². The molecule has 2 aromatic rings. The van der Waals surface area contributed by atoms with Crippen LogP contribution in [0.2, 0.25) is 0 Å². The van der Waals surface area contributed by atoms with Gasteiger partial charge in [-0.2, -0.15) is 0 Å². The molecule has 4 aliphatic carbocycles. The molecule has 69 heavy (non-hydrogen) atoms. The van der Waals surface area contributed by atoms with E-state index >= 15 is 0 Å². The molecular weight excluding hydrogens is 978 g/mol. The molecule has 4 amide bonds. The number of carbonyl (C=O) groups is 7. The Labute approximate surface area is 425 Å². The van der Waals surface area contributed by atoms with Crippen molar-refractivity contribution in [1.29, 1.82) is 0 Å². The SMILES string of the molecule is CCC(=O)O[C@]1(C(=O)COC(=O)NCCSSC(C)(C)CNC(=O)CCN2C(=O)C(Sc3ccccc3)=C(Sc3ccccc3)C2=O)[C@@H](C)CC2[C@@H]3CCC4=CC(=O)C=C[C@]4(C)[C@@]3(Cl)[C@@H](O)C[C@@]21C. The fourth-order valence-electron chi connectivity index (χ4n) is 11.1. The number of ether oxygens (including phenoxy) is 2. The first kappa shape index (κ1) is 52.8. The van der Waals surface area contributed by atoms with Gasteiger partial charge in [-0.25, -0.2) is 4.79 Å². The molecule has 0 bridgehead atoms. The number of rotatable bonds is 19. The Morgan fingerprint density at radius 3 is 2.16 bits per heavy atom. The summed E-state index contributed by atoms with van der Waals surface area (Å²) in [5.41, 5.74) is -2.65. The molecule has 0 aromatic heterocycles. The number of aliphatic hydroxyl groups excluding tert-OH is 1. The zero-order valence-electron chi connectivity index (χ0n) is 39.7. The van der Waals surface area contributed by atoms with E-state index in [1.54, 1.807) is 13.0 Å². The Hall–Kier alpha value is -4.00. The van der Waals surface area contributed by atoms with Crippen molar-refractivity contribution in [3.63, 3.8) is 0 Å². The number of nitrogens with zero attached hydrogens (tertiary/aromatic N) is 1. The van der Waals surface area contributed by atoms with Gasteiger partial charge in [-0.05, 0) is 87.8 Å². The highest BCUT2D eigenvalue weighted by atomic mass is 35.5. The summed E-state index contributed by atoms with van der Waals surface area (Å²) in [5, 5.41) is 17.7. The number of halogens is 1. The maximum absolute atomic E-state index is 14.5. The number of thioether (sulfide) groups is 2. The lowest BCUT2D eigenvalue weighted by atomic mass is 9.45. The summed E-state index contributed by atoms with van der Waals surface area (Å²) in [6, 6.07) is 18.7. The smallest absolute Gasteiger partial charge is 0.407 e. The van der Waals surface area contributed by atoms with Crippen molar-refractivity contribution in [1.82, 2.24) is 15.5 Å². The molecule has 0 radical (unpaired) electrons. The Balaban J connectivity index is 0.871. The van der Waals surface area contributed by atoms with Crippen molar-refractivity contribution in [2.45, 2.75) is 111 Å². The van der Waals surface area contributed by atoms with Crippen molar-refractivity contribution in [2.75, 3.05) is 32.0 Å². The molecule has 3 N–H and O–H groups in total. The van der Waals surface area contributed by atoms with Crippen molar-refractivity contribution in [2.24, 2.45) is 28.6 Å². The van der Waals surface area contributed by atoms with Crippen molar-refractivity contribution in [3.8, 4) is 0 Å². The maximum atomic E-state index is 14.5. The Bertz CT molecular complexity index is 2390. The van der Waals surface area contributed by atoms with Gasteiger partial charge in [0.2, 0.25) is 11.7 Å². The summed E-state index contributed by atoms with van der Waals surface area (Å²) in [6.07, 6.45) is 4.68. The molecule has 7 rings (SSSR count). The minimum atomic E-state index is -1.69. The molecule has 3 saturated carbocycles. The molecule has 5 aliphatic rings. The quantitative estimate of drug-likeness (QED) is 0.0399. The van der Waals surface area contributed by atoms with E-state index < -0.39 is 74.3 Å². The number of esters is 1. The van der Waals surface area contributed by atoms with Crippen LogP contribution in [-0.2, 0) is 38.2 Å². The molecule has 370 valence electrons. The lowest BCUT2D eigenvalue weighted by molar-refractivity contribution is -0.202. The van der Waals surface area contributed by atoms with Crippen molar-refractivity contribution >= 4 is 98.1 Å². The van der Waals surface area contributed by atoms with E-state index in [1.165, 1.54) is 51.2 Å². The van der Waals surface area contributed by atoms with Crippen LogP contribution in [0.4, 0.5) is 4.79 Å². The number of imide groups is 1. The lowest BCUT2D eigenvalue weighted by Crippen LogP contribution is -2.69. The maximum Gasteiger partial charge on any atom is 0.407 e. The van der Waals surface area contributed by atoms with Gasteiger partial charge in [0.1, 0.15) is 0 Å². The van der Waals surface area contributed by atoms with E-state index in [2.05, 4.69) is 10.6 Å². The predicted molar refractivity (Wildman–Crippen MR) is 271 cm³/mol. The lowest BCUT2D eigenvalue weighted by Gasteiger charge is -2.64. The molecule has 13 nitrogen and oxygen atoms in total. The fourth-order valence-corrected chi connectivity index (χ4v) is 16.0. The number of carbonyl (C=O) groups excluding carboxylic acids is 7. The molecule has 2 aromatic carbocycles. The third-order valence-electron chi connectivity index (χ3n) is 14.5. The van der Waals surface area contributed by atoms with Crippen LogP contribution >= 0.6 is 56.7 Å². The van der Waals surface area contributed by atoms with Gasteiger partial charge in [-0.1, -0.05) is 121 Å². The van der Waals surface area contributed by atoms with Crippen LogP contribution < -0.4 is 10.6 Å². The third kappa shape index (κ3) is 10.4. The average molecular weight is 1040 g/mol. The van der Waals surface area contributed by atoms with Crippen molar-refractivity contribution < 1.29 is 48.1 Å². The van der Waals surface area contributed by atoms with Gasteiger partial charge in [0.05, 0.1) is 20.8 Å². The standard InChI is InChI=1S/C51H60ClN3O10S4/c1-7-41(60)65-51(31(2)26-37-36-19-18-32-27-33(56)20-22-48(32,5)50(36,52)38(57)28-49(37,51)6)39(58)29-64-46(63)53-23-25-66-69-47(3,4)30-54-40(59)21-24-55-44(61)42(67-34-14-10-8-11-15-34)43(45(55)62)68-35-16-12-9-13-17-35/h8-17,20,22,27,31,36-38,57H,7,18-19,21,23-26,28-30H2,1-6H3,(H,53,63)(H,54,59)/t31-,36-,37?,38-,48-,49-,50-,51-/m0/s1. The second kappa shape index (κ2) is 21.4. The van der Waals surface area contributed by atoms with Gasteiger partial charge in [0.25, 0.3) is 11.8 Å². The normalized spacial score (nSPS) is 29.5. The van der Waals surface area contributed by atoms with E-state index in [0.717, 1.165) is 20.3 Å². The van der Waals surface area contributed by atoms with Crippen LogP contribution in [0, 0.1) is 28.6 Å². The van der Waals surface area contributed by atoms with Crippen LogP contribution in [-0.4, -0.2) is 105 Å². The van der Waals surface area contributed by atoms with Crippen LogP contribution in [0.1, 0.15) is 80.1 Å². The van der Waals surface area contributed by atoms with Gasteiger partial charge < -0.3 is 25.2 Å². The van der Waals surface area contributed by atoms with E-state index in [9.17, 15) is 38.7 Å². The molecule has 8 atom stereocenters. The Kier molecular flexibility index (Phi) is 16.4. The topological polar surface area (TPSA) is 185 Å². The zero-order valence-corrected chi connectivity index (χ0v) is 43.7. The largest absolute Gasteiger partial charge is 0.450 e. The number of alkyl halides is 1.